The average Bonchev–Trinajstić information content (AvgIpc) is 2.66. The fourth-order valence-corrected chi connectivity index (χ4v) is 3.06. The maximum atomic E-state index is 12.3. The van der Waals surface area contributed by atoms with Crippen LogP contribution < -0.4 is 10.2 Å². The van der Waals surface area contributed by atoms with Gasteiger partial charge in [-0.1, -0.05) is 19.9 Å². The van der Waals surface area contributed by atoms with Crippen molar-refractivity contribution >= 4 is 23.6 Å². The fourth-order valence-electron chi connectivity index (χ4n) is 3.06. The van der Waals surface area contributed by atoms with E-state index >= 15 is 0 Å². The van der Waals surface area contributed by atoms with Crippen molar-refractivity contribution in [3.63, 3.8) is 0 Å². The number of carboxylic acids is 1. The van der Waals surface area contributed by atoms with Gasteiger partial charge in [0.05, 0.1) is 0 Å². The Labute approximate surface area is 159 Å². The highest BCUT2D eigenvalue weighted by Gasteiger charge is 2.24. The molecule has 1 aromatic heterocycles. The van der Waals surface area contributed by atoms with Crippen molar-refractivity contribution in [1.82, 2.24) is 15.2 Å². The van der Waals surface area contributed by atoms with Gasteiger partial charge < -0.3 is 20.2 Å². The molecule has 148 valence electrons. The van der Waals surface area contributed by atoms with Crippen LogP contribution in [0.25, 0.3) is 0 Å². The van der Waals surface area contributed by atoms with Crippen LogP contribution in [0.5, 0.6) is 0 Å². The predicted molar refractivity (Wildman–Crippen MR) is 101 cm³/mol. The number of hydrogen-bond acceptors (Lipinski definition) is 5. The summed E-state index contributed by atoms with van der Waals surface area (Å²) >= 11 is 0. The van der Waals surface area contributed by atoms with Crippen molar-refractivity contribution in [3.05, 3.63) is 24.4 Å². The Morgan fingerprint density at radius 2 is 1.85 bits per heavy atom. The van der Waals surface area contributed by atoms with Crippen LogP contribution in [-0.2, 0) is 14.4 Å². The molecule has 2 rings (SSSR count). The minimum Gasteiger partial charge on any atom is -0.480 e. The summed E-state index contributed by atoms with van der Waals surface area (Å²) in [6.07, 6.45) is 2.20. The van der Waals surface area contributed by atoms with E-state index in [2.05, 4.69) is 15.2 Å². The van der Waals surface area contributed by atoms with Crippen LogP contribution in [0.15, 0.2) is 24.4 Å². The van der Waals surface area contributed by atoms with E-state index in [0.29, 0.717) is 32.6 Å². The zero-order valence-corrected chi connectivity index (χ0v) is 15.9. The Balaban J connectivity index is 1.74. The second kappa shape index (κ2) is 9.89. The zero-order chi connectivity index (χ0) is 19.8. The molecule has 0 unspecified atom stereocenters. The third kappa shape index (κ3) is 6.54. The third-order valence-electron chi connectivity index (χ3n) is 4.51. The van der Waals surface area contributed by atoms with Crippen LogP contribution in [-0.4, -0.2) is 65.0 Å². The lowest BCUT2D eigenvalue weighted by Gasteiger charge is -2.35. The first-order valence-electron chi connectivity index (χ1n) is 9.32. The first-order valence-corrected chi connectivity index (χ1v) is 9.32. The summed E-state index contributed by atoms with van der Waals surface area (Å²) in [4.78, 5) is 43.7. The van der Waals surface area contributed by atoms with Gasteiger partial charge in [0.2, 0.25) is 11.8 Å². The van der Waals surface area contributed by atoms with Gasteiger partial charge in [0.15, 0.2) is 0 Å². The second-order valence-corrected chi connectivity index (χ2v) is 7.14. The first-order chi connectivity index (χ1) is 12.9. The standard InChI is InChI=1S/C19H28N4O4/c1-14(2)13-15(19(26)27)21-17(24)6-7-18(25)23-11-9-22(10-12-23)16-5-3-4-8-20-16/h3-5,8,14-15H,6-7,9-13H2,1-2H3,(H,21,24)(H,26,27)/t15-/m1/s1. The van der Waals surface area contributed by atoms with Gasteiger partial charge in [0.1, 0.15) is 11.9 Å². The number of hydrogen-bond donors (Lipinski definition) is 2. The normalized spacial score (nSPS) is 15.5. The number of aromatic nitrogens is 1. The minimum absolute atomic E-state index is 0.00115. The van der Waals surface area contributed by atoms with E-state index in [1.54, 1.807) is 11.1 Å². The minimum atomic E-state index is -1.05. The summed E-state index contributed by atoms with van der Waals surface area (Å²) in [5, 5.41) is 11.7. The molecule has 2 amide bonds. The quantitative estimate of drug-likeness (QED) is 0.705. The molecule has 0 radical (unpaired) electrons. The molecule has 1 aromatic rings. The zero-order valence-electron chi connectivity index (χ0n) is 15.9. The average molecular weight is 376 g/mol. The summed E-state index contributed by atoms with van der Waals surface area (Å²) in [5.41, 5.74) is 0. The SMILES string of the molecule is CC(C)C[C@@H](NC(=O)CCC(=O)N1CCN(c2ccccn2)CC1)C(=O)O. The number of nitrogens with one attached hydrogen (secondary N) is 1. The van der Waals surface area contributed by atoms with E-state index < -0.39 is 17.9 Å². The van der Waals surface area contributed by atoms with Crippen molar-refractivity contribution < 1.29 is 19.5 Å². The number of carbonyl (C=O) groups is 3. The molecule has 0 bridgehead atoms. The molecule has 27 heavy (non-hydrogen) atoms. The van der Waals surface area contributed by atoms with Crippen LogP contribution in [0.1, 0.15) is 33.1 Å². The van der Waals surface area contributed by atoms with Gasteiger partial charge >= 0.3 is 5.97 Å². The molecule has 1 aliphatic heterocycles. The van der Waals surface area contributed by atoms with Crippen LogP contribution in [0.2, 0.25) is 0 Å². The van der Waals surface area contributed by atoms with Crippen LogP contribution in [0.4, 0.5) is 5.82 Å². The molecular weight excluding hydrogens is 348 g/mol. The molecule has 8 nitrogen and oxygen atoms in total. The number of amides is 2. The maximum Gasteiger partial charge on any atom is 0.326 e. The van der Waals surface area contributed by atoms with Crippen molar-refractivity contribution in [2.45, 2.75) is 39.2 Å². The Morgan fingerprint density at radius 3 is 2.41 bits per heavy atom. The summed E-state index contributed by atoms with van der Waals surface area (Å²) < 4.78 is 0. The van der Waals surface area contributed by atoms with E-state index in [1.807, 2.05) is 32.0 Å². The third-order valence-corrected chi connectivity index (χ3v) is 4.51. The molecule has 0 spiro atoms. The van der Waals surface area contributed by atoms with Crippen molar-refractivity contribution in [2.75, 3.05) is 31.1 Å². The van der Waals surface area contributed by atoms with Crippen LogP contribution in [0, 0.1) is 5.92 Å². The summed E-state index contributed by atoms with van der Waals surface area (Å²) in [6, 6.07) is 4.83. The van der Waals surface area contributed by atoms with Crippen molar-refractivity contribution in [2.24, 2.45) is 5.92 Å². The maximum absolute atomic E-state index is 12.3. The van der Waals surface area contributed by atoms with Gasteiger partial charge in [-0.2, -0.15) is 0 Å². The highest BCUT2D eigenvalue weighted by molar-refractivity contribution is 5.87. The summed E-state index contributed by atoms with van der Waals surface area (Å²) in [6.45, 7) is 6.37. The molecule has 0 saturated carbocycles. The number of carboxylic acid groups (broad SMARTS) is 1. The van der Waals surface area contributed by atoms with E-state index in [9.17, 15) is 19.5 Å². The lowest BCUT2D eigenvalue weighted by Crippen LogP contribution is -2.49. The smallest absolute Gasteiger partial charge is 0.326 e. The lowest BCUT2D eigenvalue weighted by atomic mass is 10.0. The summed E-state index contributed by atoms with van der Waals surface area (Å²) in [7, 11) is 0. The van der Waals surface area contributed by atoms with Gasteiger partial charge in [-0.3, -0.25) is 9.59 Å². The molecule has 2 heterocycles. The lowest BCUT2D eigenvalue weighted by molar-refractivity contribution is -0.142. The second-order valence-electron chi connectivity index (χ2n) is 7.14. The Kier molecular flexibility index (Phi) is 7.57. The molecule has 1 atom stereocenters. The summed E-state index contributed by atoms with van der Waals surface area (Å²) in [5.74, 6) is -0.476. The monoisotopic (exact) mass is 376 g/mol. The van der Waals surface area contributed by atoms with Gasteiger partial charge in [0, 0.05) is 45.2 Å². The van der Waals surface area contributed by atoms with Gasteiger partial charge in [-0.25, -0.2) is 9.78 Å². The number of pyridine rings is 1. The van der Waals surface area contributed by atoms with Crippen LogP contribution >= 0.6 is 0 Å². The number of rotatable bonds is 8. The molecule has 1 saturated heterocycles. The molecular formula is C19H28N4O4. The van der Waals surface area contributed by atoms with Crippen molar-refractivity contribution in [1.29, 1.82) is 0 Å². The van der Waals surface area contributed by atoms with E-state index in [4.69, 9.17) is 0 Å². The highest BCUT2D eigenvalue weighted by Crippen LogP contribution is 2.13. The number of carbonyl (C=O) groups excluding carboxylic acids is 2. The van der Waals surface area contributed by atoms with E-state index in [0.717, 1.165) is 5.82 Å². The van der Waals surface area contributed by atoms with Crippen LogP contribution in [0.3, 0.4) is 0 Å². The number of aliphatic carboxylic acids is 1. The van der Waals surface area contributed by atoms with Crippen molar-refractivity contribution in [3.8, 4) is 0 Å². The Hall–Kier alpha value is -2.64. The fraction of sp³-hybridized carbons (Fsp3) is 0.579. The van der Waals surface area contributed by atoms with E-state index in [-0.39, 0.29) is 24.7 Å². The molecule has 1 fully saturated rings. The molecule has 1 aliphatic rings. The highest BCUT2D eigenvalue weighted by atomic mass is 16.4. The van der Waals surface area contributed by atoms with E-state index in [1.165, 1.54) is 0 Å². The Bertz CT molecular complexity index is 642. The number of nitrogens with zero attached hydrogens (tertiary/aromatic N) is 3. The molecule has 0 aromatic carbocycles. The first kappa shape index (κ1) is 20.7. The van der Waals surface area contributed by atoms with Gasteiger partial charge in [-0.05, 0) is 24.5 Å². The van der Waals surface area contributed by atoms with Gasteiger partial charge in [-0.15, -0.1) is 0 Å². The van der Waals surface area contributed by atoms with Gasteiger partial charge in [0.25, 0.3) is 0 Å². The molecule has 0 aliphatic carbocycles. The number of anilines is 1. The largest absolute Gasteiger partial charge is 0.480 e. The molecule has 8 heteroatoms. The topological polar surface area (TPSA) is 103 Å². The Morgan fingerprint density at radius 1 is 1.15 bits per heavy atom. The predicted octanol–water partition coefficient (Wildman–Crippen LogP) is 1.13. The molecule has 2 N–H and O–H groups in total. The number of piperazine rings is 1.